The predicted octanol–water partition coefficient (Wildman–Crippen LogP) is 2.28. The van der Waals surface area contributed by atoms with E-state index in [1.807, 2.05) is 12.1 Å². The summed E-state index contributed by atoms with van der Waals surface area (Å²) in [5.74, 6) is 0.0533. The molecule has 134 valence electrons. The fourth-order valence-corrected chi connectivity index (χ4v) is 4.55. The molecule has 1 fully saturated rings. The van der Waals surface area contributed by atoms with Crippen molar-refractivity contribution in [3.63, 3.8) is 0 Å². The zero-order valence-corrected chi connectivity index (χ0v) is 15.1. The summed E-state index contributed by atoms with van der Waals surface area (Å²) in [6, 6.07) is 11.8. The summed E-state index contributed by atoms with van der Waals surface area (Å²) in [7, 11) is 0. The number of aromatic nitrogens is 2. The molecule has 0 spiro atoms. The van der Waals surface area contributed by atoms with Crippen LogP contribution in [-0.2, 0) is 17.9 Å². The third-order valence-electron chi connectivity index (χ3n) is 4.83. The van der Waals surface area contributed by atoms with Crippen molar-refractivity contribution < 1.29 is 4.79 Å². The smallest absolute Gasteiger partial charge is 0.261 e. The molecule has 6 nitrogen and oxygen atoms in total. The van der Waals surface area contributed by atoms with Gasteiger partial charge in [0.15, 0.2) is 0 Å². The number of nitrogens with two attached hydrogens (primary N) is 1. The highest BCUT2D eigenvalue weighted by molar-refractivity contribution is 7.10. The van der Waals surface area contributed by atoms with E-state index in [0.717, 1.165) is 19.4 Å². The molecule has 1 atom stereocenters. The van der Waals surface area contributed by atoms with Crippen LogP contribution in [0.3, 0.4) is 0 Å². The van der Waals surface area contributed by atoms with E-state index in [2.05, 4.69) is 27.4 Å². The van der Waals surface area contributed by atoms with Crippen LogP contribution >= 0.6 is 11.3 Å². The van der Waals surface area contributed by atoms with Gasteiger partial charge in [0.2, 0.25) is 5.91 Å². The van der Waals surface area contributed by atoms with Crippen molar-refractivity contribution in [1.29, 1.82) is 0 Å². The van der Waals surface area contributed by atoms with E-state index in [0.29, 0.717) is 29.3 Å². The minimum Gasteiger partial charge on any atom is -0.368 e. The predicted molar refractivity (Wildman–Crippen MR) is 102 cm³/mol. The van der Waals surface area contributed by atoms with Gasteiger partial charge in [-0.25, -0.2) is 4.98 Å². The fourth-order valence-electron chi connectivity index (χ4n) is 3.65. The van der Waals surface area contributed by atoms with Gasteiger partial charge in [0, 0.05) is 10.9 Å². The van der Waals surface area contributed by atoms with Crippen LogP contribution in [0.25, 0.3) is 10.9 Å². The Morgan fingerprint density at radius 3 is 2.88 bits per heavy atom. The molecular formula is C19H20N4O2S. The molecule has 2 N–H and O–H groups in total. The number of primary amides is 1. The summed E-state index contributed by atoms with van der Waals surface area (Å²) in [6.45, 7) is 1.32. The largest absolute Gasteiger partial charge is 0.368 e. The minimum absolute atomic E-state index is 0.149. The van der Waals surface area contributed by atoms with Crippen LogP contribution in [0.4, 0.5) is 0 Å². The lowest BCUT2D eigenvalue weighted by Crippen LogP contribution is -2.34. The van der Waals surface area contributed by atoms with Crippen molar-refractivity contribution in [2.75, 3.05) is 6.54 Å². The average molecular weight is 368 g/mol. The van der Waals surface area contributed by atoms with Crippen molar-refractivity contribution in [3.05, 3.63) is 62.8 Å². The monoisotopic (exact) mass is 368 g/mol. The Balaban J connectivity index is 1.75. The normalized spacial score (nSPS) is 17.8. The maximum absolute atomic E-state index is 12.9. The number of likely N-dealkylation sites (tertiary alicyclic amines) is 1. The first-order chi connectivity index (χ1) is 12.6. The first-order valence-electron chi connectivity index (χ1n) is 8.67. The quantitative estimate of drug-likeness (QED) is 0.749. The molecule has 0 saturated carbocycles. The van der Waals surface area contributed by atoms with Crippen molar-refractivity contribution in [2.45, 2.75) is 32.0 Å². The maximum atomic E-state index is 12.9. The van der Waals surface area contributed by atoms with Crippen LogP contribution in [0.5, 0.6) is 0 Å². The minimum atomic E-state index is -0.540. The van der Waals surface area contributed by atoms with Gasteiger partial charge in [-0.3, -0.25) is 19.1 Å². The van der Waals surface area contributed by atoms with Crippen LogP contribution in [-0.4, -0.2) is 26.9 Å². The van der Waals surface area contributed by atoms with Crippen LogP contribution < -0.4 is 11.3 Å². The molecule has 0 bridgehead atoms. The molecule has 26 heavy (non-hydrogen) atoms. The van der Waals surface area contributed by atoms with Gasteiger partial charge < -0.3 is 5.73 Å². The number of rotatable bonds is 5. The molecular weight excluding hydrogens is 348 g/mol. The van der Waals surface area contributed by atoms with Crippen molar-refractivity contribution in [2.24, 2.45) is 5.73 Å². The number of hydrogen-bond acceptors (Lipinski definition) is 5. The van der Waals surface area contributed by atoms with Crippen molar-refractivity contribution in [3.8, 4) is 0 Å². The third-order valence-corrected chi connectivity index (χ3v) is 5.81. The Morgan fingerprint density at radius 2 is 2.12 bits per heavy atom. The SMILES string of the molecule is NC(=O)Cn1c(CN2CCC[C@H]2c2cccs2)nc2ccccc2c1=O. The molecule has 3 aromatic rings. The highest BCUT2D eigenvalue weighted by atomic mass is 32.1. The topological polar surface area (TPSA) is 81.2 Å². The lowest BCUT2D eigenvalue weighted by atomic mass is 10.2. The molecule has 2 aromatic heterocycles. The maximum Gasteiger partial charge on any atom is 0.261 e. The average Bonchev–Trinajstić information content (AvgIpc) is 3.29. The number of carbonyl (C=O) groups excluding carboxylic acids is 1. The fraction of sp³-hybridized carbons (Fsp3) is 0.316. The standard InChI is InChI=1S/C19H20N4O2S/c20-17(24)11-23-18(21-14-6-2-1-5-13(14)19(23)25)12-22-9-3-7-15(22)16-8-4-10-26-16/h1-2,4-6,8,10,15H,3,7,9,11-12H2,(H2,20,24)/t15-/m0/s1. The Bertz CT molecular complexity index is 996. The second kappa shape index (κ2) is 7.01. The second-order valence-electron chi connectivity index (χ2n) is 6.55. The van der Waals surface area contributed by atoms with E-state index in [1.165, 1.54) is 9.44 Å². The lowest BCUT2D eigenvalue weighted by Gasteiger charge is -2.24. The zero-order valence-electron chi connectivity index (χ0n) is 14.3. The van der Waals surface area contributed by atoms with Gasteiger partial charge >= 0.3 is 0 Å². The first-order valence-corrected chi connectivity index (χ1v) is 9.55. The number of amides is 1. The van der Waals surface area contributed by atoms with Gasteiger partial charge in [-0.05, 0) is 43.0 Å². The summed E-state index contributed by atoms with van der Waals surface area (Å²) in [6.07, 6.45) is 2.20. The number of fused-ring (bicyclic) bond motifs is 1. The molecule has 0 radical (unpaired) electrons. The van der Waals surface area contributed by atoms with Crippen LogP contribution in [0.1, 0.15) is 29.6 Å². The Labute approximate surface area is 154 Å². The number of carbonyl (C=O) groups is 1. The van der Waals surface area contributed by atoms with Gasteiger partial charge in [0.25, 0.3) is 5.56 Å². The first kappa shape index (κ1) is 16.9. The van der Waals surface area contributed by atoms with Crippen LogP contribution in [0, 0.1) is 0 Å². The second-order valence-corrected chi connectivity index (χ2v) is 7.53. The Kier molecular flexibility index (Phi) is 4.57. The molecule has 7 heteroatoms. The van der Waals surface area contributed by atoms with Crippen LogP contribution in [0.2, 0.25) is 0 Å². The molecule has 1 aromatic carbocycles. The summed E-state index contributed by atoms with van der Waals surface area (Å²) < 4.78 is 1.43. The summed E-state index contributed by atoms with van der Waals surface area (Å²) in [5, 5.41) is 2.59. The van der Waals surface area contributed by atoms with E-state index in [4.69, 9.17) is 5.73 Å². The molecule has 1 saturated heterocycles. The number of nitrogens with zero attached hydrogens (tertiary/aromatic N) is 3. The van der Waals surface area contributed by atoms with Crippen molar-refractivity contribution in [1.82, 2.24) is 14.5 Å². The third kappa shape index (κ3) is 3.15. The van der Waals surface area contributed by atoms with E-state index in [9.17, 15) is 9.59 Å². The van der Waals surface area contributed by atoms with Crippen LogP contribution in [0.15, 0.2) is 46.6 Å². The number of thiophene rings is 1. The van der Waals surface area contributed by atoms with Gasteiger partial charge in [0.05, 0.1) is 17.4 Å². The number of para-hydroxylation sites is 1. The van der Waals surface area contributed by atoms with Gasteiger partial charge in [-0.2, -0.15) is 0 Å². The highest BCUT2D eigenvalue weighted by Gasteiger charge is 2.28. The number of hydrogen-bond donors (Lipinski definition) is 1. The highest BCUT2D eigenvalue weighted by Crippen LogP contribution is 2.35. The molecule has 1 aliphatic heterocycles. The van der Waals surface area contributed by atoms with Gasteiger partial charge in [-0.1, -0.05) is 18.2 Å². The zero-order chi connectivity index (χ0) is 18.1. The Hall–Kier alpha value is -2.51. The van der Waals surface area contributed by atoms with Gasteiger partial charge in [-0.15, -0.1) is 11.3 Å². The summed E-state index contributed by atoms with van der Waals surface area (Å²) in [4.78, 5) is 32.7. The molecule has 0 aliphatic carbocycles. The molecule has 4 rings (SSSR count). The van der Waals surface area contributed by atoms with Gasteiger partial charge in [0.1, 0.15) is 12.4 Å². The summed E-state index contributed by atoms with van der Waals surface area (Å²) >= 11 is 1.75. The lowest BCUT2D eigenvalue weighted by molar-refractivity contribution is -0.118. The van der Waals surface area contributed by atoms with E-state index in [-0.39, 0.29) is 12.1 Å². The Morgan fingerprint density at radius 1 is 1.27 bits per heavy atom. The van der Waals surface area contributed by atoms with Crippen molar-refractivity contribution >= 4 is 28.1 Å². The number of benzene rings is 1. The molecule has 0 unspecified atom stereocenters. The molecule has 3 heterocycles. The van der Waals surface area contributed by atoms with E-state index in [1.54, 1.807) is 23.5 Å². The van der Waals surface area contributed by atoms with E-state index >= 15 is 0 Å². The summed E-state index contributed by atoms with van der Waals surface area (Å²) in [5.41, 5.74) is 5.82. The van der Waals surface area contributed by atoms with E-state index < -0.39 is 5.91 Å². The molecule has 1 amide bonds. The molecule has 1 aliphatic rings.